The molecular formula is C21H30N4O4S. The first-order chi connectivity index (χ1) is 14.3. The Morgan fingerprint density at radius 3 is 2.30 bits per heavy atom. The number of benzene rings is 1. The number of sulfonamides is 1. The number of nitrogens with one attached hydrogen (secondary N) is 1. The second-order valence-electron chi connectivity index (χ2n) is 8.83. The molecule has 0 radical (unpaired) electrons. The molecule has 0 aromatic heterocycles. The average Bonchev–Trinajstić information content (AvgIpc) is 2.95. The SMILES string of the molecule is CC1CCC2(CC1)NC(=O)N(CN1CCN(S(=O)(=O)Cc3ccccc3)CC1)C2=O. The van der Waals surface area contributed by atoms with Crippen LogP contribution in [0.1, 0.15) is 38.2 Å². The molecule has 2 aliphatic heterocycles. The molecule has 4 rings (SSSR count). The fourth-order valence-corrected chi connectivity index (χ4v) is 6.14. The highest BCUT2D eigenvalue weighted by Gasteiger charge is 2.52. The van der Waals surface area contributed by atoms with Crippen molar-refractivity contribution in [2.45, 2.75) is 43.9 Å². The molecule has 30 heavy (non-hydrogen) atoms. The van der Waals surface area contributed by atoms with Crippen LogP contribution in [0.25, 0.3) is 0 Å². The normalized spacial score (nSPS) is 28.8. The summed E-state index contributed by atoms with van der Waals surface area (Å²) in [6, 6.07) is 8.83. The summed E-state index contributed by atoms with van der Waals surface area (Å²) in [6.45, 7) is 4.11. The van der Waals surface area contributed by atoms with Gasteiger partial charge in [0, 0.05) is 26.2 Å². The van der Waals surface area contributed by atoms with Gasteiger partial charge in [0.25, 0.3) is 5.91 Å². The zero-order valence-electron chi connectivity index (χ0n) is 17.4. The number of rotatable bonds is 5. The van der Waals surface area contributed by atoms with Gasteiger partial charge in [0.1, 0.15) is 5.54 Å². The molecule has 9 heteroatoms. The Kier molecular flexibility index (Phi) is 5.87. The third-order valence-electron chi connectivity index (χ3n) is 6.63. The monoisotopic (exact) mass is 434 g/mol. The molecule has 1 aromatic carbocycles. The van der Waals surface area contributed by atoms with Gasteiger partial charge in [-0.25, -0.2) is 18.1 Å². The van der Waals surface area contributed by atoms with E-state index in [0.29, 0.717) is 44.9 Å². The van der Waals surface area contributed by atoms with Crippen LogP contribution in [0.3, 0.4) is 0 Å². The summed E-state index contributed by atoms with van der Waals surface area (Å²) in [6.07, 6.45) is 3.27. The second-order valence-corrected chi connectivity index (χ2v) is 10.8. The van der Waals surface area contributed by atoms with Gasteiger partial charge in [-0.05, 0) is 37.2 Å². The lowest BCUT2D eigenvalue weighted by atomic mass is 9.77. The van der Waals surface area contributed by atoms with Gasteiger partial charge in [0.05, 0.1) is 12.4 Å². The van der Waals surface area contributed by atoms with Crippen molar-refractivity contribution in [3.63, 3.8) is 0 Å². The van der Waals surface area contributed by atoms with Crippen LogP contribution in [0.15, 0.2) is 30.3 Å². The quantitative estimate of drug-likeness (QED) is 0.711. The highest BCUT2D eigenvalue weighted by molar-refractivity contribution is 7.88. The van der Waals surface area contributed by atoms with Crippen molar-refractivity contribution in [1.82, 2.24) is 19.4 Å². The maximum atomic E-state index is 13.0. The highest BCUT2D eigenvalue weighted by atomic mass is 32.2. The number of hydrogen-bond acceptors (Lipinski definition) is 5. The molecule has 1 N–H and O–H groups in total. The van der Waals surface area contributed by atoms with Gasteiger partial charge in [0.2, 0.25) is 10.0 Å². The maximum Gasteiger partial charge on any atom is 0.326 e. The zero-order chi connectivity index (χ0) is 21.4. The molecule has 2 saturated heterocycles. The Balaban J connectivity index is 1.33. The summed E-state index contributed by atoms with van der Waals surface area (Å²) in [7, 11) is -3.39. The lowest BCUT2D eigenvalue weighted by molar-refractivity contribution is -0.134. The van der Waals surface area contributed by atoms with Crippen LogP contribution in [0.4, 0.5) is 4.79 Å². The minimum absolute atomic E-state index is 0.0121. The first-order valence-electron chi connectivity index (χ1n) is 10.7. The number of piperazine rings is 1. The number of urea groups is 1. The standard InChI is InChI=1S/C21H30N4O4S/c1-17-7-9-21(10-8-17)19(26)25(20(27)22-21)16-23-11-13-24(14-12-23)30(28,29)15-18-5-3-2-4-6-18/h2-6,17H,7-16H2,1H3,(H,22,27). The van der Waals surface area contributed by atoms with E-state index < -0.39 is 15.6 Å². The van der Waals surface area contributed by atoms with E-state index in [9.17, 15) is 18.0 Å². The molecule has 1 aromatic rings. The van der Waals surface area contributed by atoms with E-state index in [1.165, 1.54) is 9.21 Å². The van der Waals surface area contributed by atoms with Gasteiger partial charge in [-0.1, -0.05) is 37.3 Å². The first kappa shape index (κ1) is 21.3. The van der Waals surface area contributed by atoms with E-state index in [2.05, 4.69) is 12.2 Å². The number of hydrogen-bond donors (Lipinski definition) is 1. The van der Waals surface area contributed by atoms with Gasteiger partial charge in [-0.2, -0.15) is 4.31 Å². The van der Waals surface area contributed by atoms with E-state index in [1.54, 1.807) is 0 Å². The van der Waals surface area contributed by atoms with Crippen molar-refractivity contribution >= 4 is 22.0 Å². The summed E-state index contributed by atoms with van der Waals surface area (Å²) >= 11 is 0. The van der Waals surface area contributed by atoms with Crippen LogP contribution in [-0.2, 0) is 20.6 Å². The van der Waals surface area contributed by atoms with Crippen molar-refractivity contribution < 1.29 is 18.0 Å². The lowest BCUT2D eigenvalue weighted by Crippen LogP contribution is -2.53. The highest BCUT2D eigenvalue weighted by Crippen LogP contribution is 2.36. The number of carbonyl (C=O) groups is 2. The molecule has 3 aliphatic rings. The van der Waals surface area contributed by atoms with Gasteiger partial charge in [-0.3, -0.25) is 9.69 Å². The van der Waals surface area contributed by atoms with Gasteiger partial charge in [-0.15, -0.1) is 0 Å². The summed E-state index contributed by atoms with van der Waals surface area (Å²) < 4.78 is 26.9. The lowest BCUT2D eigenvalue weighted by Gasteiger charge is -2.36. The minimum Gasteiger partial charge on any atom is -0.323 e. The Morgan fingerprint density at radius 2 is 1.67 bits per heavy atom. The van der Waals surface area contributed by atoms with E-state index in [1.807, 2.05) is 35.2 Å². The van der Waals surface area contributed by atoms with Crippen LogP contribution < -0.4 is 5.32 Å². The summed E-state index contributed by atoms with van der Waals surface area (Å²) in [4.78, 5) is 28.8. The minimum atomic E-state index is -3.39. The second kappa shape index (κ2) is 8.28. The first-order valence-corrected chi connectivity index (χ1v) is 12.3. The molecule has 2 heterocycles. The summed E-state index contributed by atoms with van der Waals surface area (Å²) in [5.41, 5.74) is 0.0381. The summed E-state index contributed by atoms with van der Waals surface area (Å²) in [5, 5.41) is 2.94. The number of imide groups is 1. The molecule has 0 bridgehead atoms. The van der Waals surface area contributed by atoms with Crippen molar-refractivity contribution in [3.05, 3.63) is 35.9 Å². The van der Waals surface area contributed by atoms with Crippen LogP contribution in [0.5, 0.6) is 0 Å². The predicted octanol–water partition coefficient (Wildman–Crippen LogP) is 1.59. The molecule has 1 saturated carbocycles. The van der Waals surface area contributed by atoms with Crippen LogP contribution in [0, 0.1) is 5.92 Å². The topological polar surface area (TPSA) is 90.0 Å². The van der Waals surface area contributed by atoms with Crippen molar-refractivity contribution in [1.29, 1.82) is 0 Å². The van der Waals surface area contributed by atoms with Crippen molar-refractivity contribution in [3.8, 4) is 0 Å². The Hall–Kier alpha value is -1.97. The molecule has 0 unspecified atom stereocenters. The number of amides is 3. The Bertz CT molecular complexity index is 889. The van der Waals surface area contributed by atoms with E-state index in [0.717, 1.165) is 18.4 Å². The van der Waals surface area contributed by atoms with Crippen LogP contribution in [0.2, 0.25) is 0 Å². The molecule has 0 atom stereocenters. The smallest absolute Gasteiger partial charge is 0.323 e. The molecule has 1 spiro atoms. The molecule has 164 valence electrons. The third-order valence-corrected chi connectivity index (χ3v) is 8.48. The maximum absolute atomic E-state index is 13.0. The average molecular weight is 435 g/mol. The van der Waals surface area contributed by atoms with E-state index in [4.69, 9.17) is 0 Å². The van der Waals surface area contributed by atoms with Gasteiger partial charge in [0.15, 0.2) is 0 Å². The fraction of sp³-hybridized carbons (Fsp3) is 0.619. The molecule has 1 aliphatic carbocycles. The number of carbonyl (C=O) groups excluding carboxylic acids is 2. The predicted molar refractivity (Wildman–Crippen MR) is 113 cm³/mol. The Morgan fingerprint density at radius 1 is 1.03 bits per heavy atom. The largest absolute Gasteiger partial charge is 0.326 e. The molecule has 8 nitrogen and oxygen atoms in total. The van der Waals surface area contributed by atoms with E-state index in [-0.39, 0.29) is 24.4 Å². The Labute approximate surface area is 178 Å². The fourth-order valence-electron chi connectivity index (χ4n) is 4.62. The van der Waals surface area contributed by atoms with Crippen molar-refractivity contribution in [2.75, 3.05) is 32.8 Å². The van der Waals surface area contributed by atoms with E-state index >= 15 is 0 Å². The van der Waals surface area contributed by atoms with Gasteiger partial charge >= 0.3 is 6.03 Å². The van der Waals surface area contributed by atoms with Gasteiger partial charge < -0.3 is 5.32 Å². The molecular weight excluding hydrogens is 404 g/mol. The summed E-state index contributed by atoms with van der Waals surface area (Å²) in [5.74, 6) is 0.445. The van der Waals surface area contributed by atoms with Crippen molar-refractivity contribution in [2.24, 2.45) is 5.92 Å². The van der Waals surface area contributed by atoms with Crippen LogP contribution in [-0.4, -0.2) is 72.8 Å². The molecule has 3 fully saturated rings. The zero-order valence-corrected chi connectivity index (χ0v) is 18.2. The molecule has 3 amide bonds. The van der Waals surface area contributed by atoms with Crippen LogP contribution >= 0.6 is 0 Å². The number of nitrogens with zero attached hydrogens (tertiary/aromatic N) is 3. The third kappa shape index (κ3) is 4.24.